The molecule has 0 spiro atoms. The first-order chi connectivity index (χ1) is 13.1. The number of hydrazine groups is 1. The van der Waals surface area contributed by atoms with E-state index in [2.05, 4.69) is 38.5 Å². The highest BCUT2D eigenvalue weighted by Crippen LogP contribution is 2.26. The van der Waals surface area contributed by atoms with Crippen LogP contribution in [0.5, 0.6) is 0 Å². The Kier molecular flexibility index (Phi) is 5.93. The predicted octanol–water partition coefficient (Wildman–Crippen LogP) is -2.68. The van der Waals surface area contributed by atoms with Crippen LogP contribution in [-0.2, 0) is 4.79 Å². The second kappa shape index (κ2) is 8.24. The molecule has 1 amide bonds. The van der Waals surface area contributed by atoms with E-state index in [9.17, 15) is 9.18 Å². The molecule has 0 saturated carbocycles. The van der Waals surface area contributed by atoms with Crippen molar-refractivity contribution < 1.29 is 9.18 Å². The van der Waals surface area contributed by atoms with Crippen molar-refractivity contribution in [2.45, 2.75) is 43.9 Å². The predicted molar refractivity (Wildman–Crippen MR) is 99.9 cm³/mol. The van der Waals surface area contributed by atoms with Crippen molar-refractivity contribution >= 4 is 5.91 Å². The summed E-state index contributed by atoms with van der Waals surface area (Å²) in [4.78, 5) is 15.6. The fraction of sp³-hybridized carbons (Fsp3) is 0.941. The van der Waals surface area contributed by atoms with E-state index >= 15 is 0 Å². The highest BCUT2D eigenvalue weighted by atomic mass is 19.1. The molecule has 7 unspecified atom stereocenters. The van der Waals surface area contributed by atoms with Gasteiger partial charge in [0.25, 0.3) is 0 Å². The first kappa shape index (κ1) is 19.4. The summed E-state index contributed by atoms with van der Waals surface area (Å²) in [5, 5.41) is 15.0. The summed E-state index contributed by atoms with van der Waals surface area (Å²) in [6, 6.07) is 0.512. The molecular formula is C17H33FN8O. The normalized spacial score (nSPS) is 43.6. The number of carbonyl (C=O) groups is 1. The van der Waals surface area contributed by atoms with Gasteiger partial charge < -0.3 is 21.7 Å². The van der Waals surface area contributed by atoms with Crippen LogP contribution in [0.2, 0.25) is 0 Å². The molecule has 0 aromatic carbocycles. The van der Waals surface area contributed by atoms with E-state index in [1.54, 1.807) is 5.01 Å². The Morgan fingerprint density at radius 2 is 2.15 bits per heavy atom. The van der Waals surface area contributed by atoms with Crippen LogP contribution >= 0.6 is 0 Å². The van der Waals surface area contributed by atoms with Crippen LogP contribution in [-0.4, -0.2) is 92.3 Å². The number of halogens is 1. The number of hydrogen-bond donors (Lipinski definition) is 6. The molecular weight excluding hydrogens is 351 g/mol. The number of nitrogens with two attached hydrogens (primary N) is 1. The van der Waals surface area contributed by atoms with Crippen molar-refractivity contribution in [3.8, 4) is 0 Å². The quantitative estimate of drug-likeness (QED) is 0.311. The molecule has 27 heavy (non-hydrogen) atoms. The van der Waals surface area contributed by atoms with E-state index in [4.69, 9.17) is 5.73 Å². The lowest BCUT2D eigenvalue weighted by molar-refractivity contribution is -0.128. The van der Waals surface area contributed by atoms with Gasteiger partial charge in [-0.25, -0.2) is 14.8 Å². The number of hydrogen-bond acceptors (Lipinski definition) is 8. The van der Waals surface area contributed by atoms with Gasteiger partial charge in [0.05, 0.1) is 18.2 Å². The second-order valence-electron chi connectivity index (χ2n) is 8.14. The summed E-state index contributed by atoms with van der Waals surface area (Å²) in [6.45, 7) is 7.32. The Morgan fingerprint density at radius 1 is 1.30 bits per heavy atom. The molecule has 7 N–H and O–H groups in total. The molecule has 0 aromatic heterocycles. The van der Waals surface area contributed by atoms with Gasteiger partial charge >= 0.3 is 0 Å². The van der Waals surface area contributed by atoms with E-state index in [0.29, 0.717) is 12.0 Å². The summed E-state index contributed by atoms with van der Waals surface area (Å²) in [5.74, 6) is -0.0922. The second-order valence-corrected chi connectivity index (χ2v) is 8.14. The smallest absolute Gasteiger partial charge is 0.229 e. The SMILES string of the molecule is CCN1CNCC1C1CCNCC1NC(=O)C1C(N)NN2CC(F)CNC12. The lowest BCUT2D eigenvalue weighted by Crippen LogP contribution is -2.61. The summed E-state index contributed by atoms with van der Waals surface area (Å²) in [7, 11) is 0. The summed E-state index contributed by atoms with van der Waals surface area (Å²) < 4.78 is 13.6. The average molecular weight is 385 g/mol. The topological polar surface area (TPSA) is 110 Å². The zero-order chi connectivity index (χ0) is 19.0. The molecule has 154 valence electrons. The van der Waals surface area contributed by atoms with Crippen LogP contribution in [0.1, 0.15) is 13.3 Å². The van der Waals surface area contributed by atoms with Gasteiger partial charge in [-0.15, -0.1) is 0 Å². The first-order valence-electron chi connectivity index (χ1n) is 10.2. The largest absolute Gasteiger partial charge is 0.351 e. The lowest BCUT2D eigenvalue weighted by atomic mass is 9.85. The van der Waals surface area contributed by atoms with Crippen LogP contribution in [0, 0.1) is 11.8 Å². The van der Waals surface area contributed by atoms with Crippen LogP contribution < -0.4 is 32.4 Å². The maximum atomic E-state index is 13.6. The number of nitrogens with zero attached hydrogens (tertiary/aromatic N) is 2. The van der Waals surface area contributed by atoms with Crippen LogP contribution in [0.25, 0.3) is 0 Å². The third kappa shape index (κ3) is 3.84. The van der Waals surface area contributed by atoms with Gasteiger partial charge in [-0.3, -0.25) is 15.0 Å². The maximum Gasteiger partial charge on any atom is 0.229 e. The Bertz CT molecular complexity index is 539. The molecule has 0 aliphatic carbocycles. The third-order valence-corrected chi connectivity index (χ3v) is 6.52. The van der Waals surface area contributed by atoms with E-state index in [1.807, 2.05) is 0 Å². The number of carbonyl (C=O) groups excluding carboxylic acids is 1. The molecule has 4 heterocycles. The number of fused-ring (bicyclic) bond motifs is 1. The van der Waals surface area contributed by atoms with Gasteiger partial charge in [-0.1, -0.05) is 6.92 Å². The van der Waals surface area contributed by atoms with E-state index in [0.717, 1.165) is 39.3 Å². The minimum atomic E-state index is -0.954. The highest BCUT2D eigenvalue weighted by Gasteiger charge is 2.48. The fourth-order valence-electron chi connectivity index (χ4n) is 5.13. The molecule has 10 heteroatoms. The van der Waals surface area contributed by atoms with Crippen molar-refractivity contribution in [3.05, 3.63) is 0 Å². The third-order valence-electron chi connectivity index (χ3n) is 6.52. The minimum absolute atomic E-state index is 0.0555. The van der Waals surface area contributed by atoms with E-state index < -0.39 is 18.3 Å². The molecule has 0 bridgehead atoms. The number of alkyl halides is 1. The van der Waals surface area contributed by atoms with Gasteiger partial charge in [0, 0.05) is 44.9 Å². The molecule has 4 aliphatic rings. The number of amides is 1. The molecule has 0 aromatic rings. The van der Waals surface area contributed by atoms with Gasteiger partial charge in [0.15, 0.2) is 0 Å². The van der Waals surface area contributed by atoms with Crippen molar-refractivity contribution in [1.82, 2.24) is 36.6 Å². The summed E-state index contributed by atoms with van der Waals surface area (Å²) >= 11 is 0. The Labute approximate surface area is 159 Å². The summed E-state index contributed by atoms with van der Waals surface area (Å²) in [6.07, 6.45) is -0.685. The van der Waals surface area contributed by atoms with Crippen molar-refractivity contribution in [3.63, 3.8) is 0 Å². The molecule has 9 nitrogen and oxygen atoms in total. The molecule has 4 aliphatic heterocycles. The first-order valence-corrected chi connectivity index (χ1v) is 10.2. The van der Waals surface area contributed by atoms with Gasteiger partial charge in [0.1, 0.15) is 6.17 Å². The monoisotopic (exact) mass is 384 g/mol. The maximum absolute atomic E-state index is 13.6. The zero-order valence-corrected chi connectivity index (χ0v) is 16.0. The molecule has 4 saturated heterocycles. The number of nitrogens with one attached hydrogen (secondary N) is 5. The Balaban J connectivity index is 1.43. The minimum Gasteiger partial charge on any atom is -0.351 e. The van der Waals surface area contributed by atoms with E-state index in [-0.39, 0.29) is 31.2 Å². The Morgan fingerprint density at radius 3 is 2.96 bits per heavy atom. The van der Waals surface area contributed by atoms with Crippen LogP contribution in [0.4, 0.5) is 4.39 Å². The molecule has 0 radical (unpaired) electrons. The fourth-order valence-corrected chi connectivity index (χ4v) is 5.13. The van der Waals surface area contributed by atoms with Gasteiger partial charge in [-0.2, -0.15) is 0 Å². The molecule has 7 atom stereocenters. The van der Waals surface area contributed by atoms with Crippen LogP contribution in [0.3, 0.4) is 0 Å². The number of rotatable bonds is 4. The zero-order valence-electron chi connectivity index (χ0n) is 16.0. The summed E-state index contributed by atoms with van der Waals surface area (Å²) in [5.41, 5.74) is 9.23. The lowest BCUT2D eigenvalue weighted by Gasteiger charge is -2.40. The number of piperidine rings is 1. The Hall–Kier alpha value is -0.880. The van der Waals surface area contributed by atoms with E-state index in [1.165, 1.54) is 0 Å². The van der Waals surface area contributed by atoms with Gasteiger partial charge in [-0.05, 0) is 25.4 Å². The molecule has 4 fully saturated rings. The van der Waals surface area contributed by atoms with Crippen molar-refractivity contribution in [1.29, 1.82) is 0 Å². The highest BCUT2D eigenvalue weighted by molar-refractivity contribution is 5.80. The van der Waals surface area contributed by atoms with Crippen molar-refractivity contribution in [2.75, 3.05) is 45.9 Å². The average Bonchev–Trinajstić information content (AvgIpc) is 3.24. The van der Waals surface area contributed by atoms with Gasteiger partial charge in [0.2, 0.25) is 5.91 Å². The van der Waals surface area contributed by atoms with Crippen molar-refractivity contribution in [2.24, 2.45) is 17.6 Å². The molecule has 4 rings (SSSR count). The standard InChI is InChI=1S/C17H33FN8O/c1-2-25-9-21-7-13(25)11-3-4-20-6-12(11)23-17(27)14-15(19)24-26-8-10(18)5-22-16(14)26/h10-16,20-22,24H,2-9,19H2,1H3,(H,23,27). The number of likely N-dealkylation sites (N-methyl/N-ethyl adjacent to an activating group) is 1. The van der Waals surface area contributed by atoms with Crippen LogP contribution in [0.15, 0.2) is 0 Å².